The second kappa shape index (κ2) is 11.5. The largest absolute Gasteiger partial charge is 0.356 e. The summed E-state index contributed by atoms with van der Waals surface area (Å²) in [7, 11) is 0. The summed E-state index contributed by atoms with van der Waals surface area (Å²) in [5.74, 6) is 1.40. The summed E-state index contributed by atoms with van der Waals surface area (Å²) in [5.41, 5.74) is 5.60. The molecule has 0 saturated heterocycles. The predicted octanol–water partition coefficient (Wildman–Crippen LogP) is 3.08. The van der Waals surface area contributed by atoms with Gasteiger partial charge in [0, 0.05) is 13.0 Å². The summed E-state index contributed by atoms with van der Waals surface area (Å²) in [6, 6.07) is 0. The van der Waals surface area contributed by atoms with Gasteiger partial charge in [-0.15, -0.1) is 0 Å². The monoisotopic (exact) mass is 256 g/mol. The van der Waals surface area contributed by atoms with Crippen LogP contribution in [-0.4, -0.2) is 19.0 Å². The van der Waals surface area contributed by atoms with Crippen LogP contribution in [0, 0.1) is 11.8 Å². The van der Waals surface area contributed by atoms with E-state index in [1.165, 1.54) is 19.3 Å². The van der Waals surface area contributed by atoms with Crippen LogP contribution in [0.15, 0.2) is 0 Å². The van der Waals surface area contributed by atoms with Gasteiger partial charge in [-0.25, -0.2) is 0 Å². The summed E-state index contributed by atoms with van der Waals surface area (Å²) in [6.07, 6.45) is 7.48. The van der Waals surface area contributed by atoms with Crippen LogP contribution < -0.4 is 11.1 Å². The van der Waals surface area contributed by atoms with Crippen molar-refractivity contribution >= 4 is 5.91 Å². The van der Waals surface area contributed by atoms with E-state index in [0.717, 1.165) is 32.4 Å². The Morgan fingerprint density at radius 1 is 1.17 bits per heavy atom. The summed E-state index contributed by atoms with van der Waals surface area (Å²) in [5, 5.41) is 3.01. The fraction of sp³-hybridized carbons (Fsp3) is 0.933. The zero-order chi connectivity index (χ0) is 13.8. The van der Waals surface area contributed by atoms with Crippen molar-refractivity contribution in [3.05, 3.63) is 0 Å². The molecule has 0 rings (SSSR count). The van der Waals surface area contributed by atoms with Gasteiger partial charge in [0.15, 0.2) is 0 Å². The number of hydrogen-bond acceptors (Lipinski definition) is 2. The van der Waals surface area contributed by atoms with E-state index in [0.29, 0.717) is 18.3 Å². The minimum absolute atomic E-state index is 0.203. The highest BCUT2D eigenvalue weighted by Crippen LogP contribution is 2.20. The summed E-state index contributed by atoms with van der Waals surface area (Å²) in [4.78, 5) is 11.7. The molecule has 0 aromatic rings. The van der Waals surface area contributed by atoms with Gasteiger partial charge in [0.25, 0.3) is 0 Å². The number of rotatable bonds is 11. The second-order valence-corrected chi connectivity index (χ2v) is 5.53. The zero-order valence-electron chi connectivity index (χ0n) is 12.5. The van der Waals surface area contributed by atoms with Gasteiger partial charge >= 0.3 is 0 Å². The summed E-state index contributed by atoms with van der Waals surface area (Å²) in [6.45, 7) is 8.18. The number of unbranched alkanes of at least 4 members (excludes halogenated alkanes) is 3. The Morgan fingerprint density at radius 3 is 2.44 bits per heavy atom. The molecule has 0 aromatic carbocycles. The van der Waals surface area contributed by atoms with Gasteiger partial charge in [-0.2, -0.15) is 0 Å². The minimum Gasteiger partial charge on any atom is -0.356 e. The van der Waals surface area contributed by atoms with E-state index in [1.807, 2.05) is 0 Å². The number of amides is 1. The molecule has 0 fully saturated rings. The molecule has 18 heavy (non-hydrogen) atoms. The van der Waals surface area contributed by atoms with Crippen LogP contribution >= 0.6 is 0 Å². The molecule has 108 valence electrons. The molecule has 0 radical (unpaired) electrons. The van der Waals surface area contributed by atoms with Crippen molar-refractivity contribution in [1.82, 2.24) is 5.32 Å². The Hall–Kier alpha value is -0.570. The second-order valence-electron chi connectivity index (χ2n) is 5.53. The maximum Gasteiger partial charge on any atom is 0.220 e. The first-order chi connectivity index (χ1) is 8.61. The molecule has 0 aromatic heterocycles. The van der Waals surface area contributed by atoms with E-state index in [4.69, 9.17) is 5.73 Å². The highest BCUT2D eigenvalue weighted by Gasteiger charge is 2.14. The smallest absolute Gasteiger partial charge is 0.220 e. The highest BCUT2D eigenvalue weighted by molar-refractivity contribution is 5.75. The van der Waals surface area contributed by atoms with Crippen molar-refractivity contribution in [2.75, 3.05) is 13.1 Å². The maximum absolute atomic E-state index is 11.7. The van der Waals surface area contributed by atoms with Gasteiger partial charge < -0.3 is 11.1 Å². The molecular weight excluding hydrogens is 224 g/mol. The number of carbonyl (C=O) groups excluding carboxylic acids is 1. The van der Waals surface area contributed by atoms with Crippen LogP contribution in [0.2, 0.25) is 0 Å². The Morgan fingerprint density at radius 2 is 1.89 bits per heavy atom. The Bertz CT molecular complexity index is 205. The third-order valence-corrected chi connectivity index (χ3v) is 3.57. The minimum atomic E-state index is 0.203. The molecule has 0 bridgehead atoms. The van der Waals surface area contributed by atoms with Crippen LogP contribution in [0.1, 0.15) is 65.7 Å². The first-order valence-corrected chi connectivity index (χ1v) is 7.58. The van der Waals surface area contributed by atoms with Crippen molar-refractivity contribution in [3.8, 4) is 0 Å². The fourth-order valence-corrected chi connectivity index (χ4v) is 2.21. The van der Waals surface area contributed by atoms with E-state index in [1.54, 1.807) is 0 Å². The van der Waals surface area contributed by atoms with Crippen molar-refractivity contribution in [3.63, 3.8) is 0 Å². The van der Waals surface area contributed by atoms with Crippen molar-refractivity contribution in [2.24, 2.45) is 17.6 Å². The molecule has 0 aliphatic heterocycles. The maximum atomic E-state index is 11.7. The summed E-state index contributed by atoms with van der Waals surface area (Å²) >= 11 is 0. The van der Waals surface area contributed by atoms with Crippen molar-refractivity contribution in [1.29, 1.82) is 0 Å². The van der Waals surface area contributed by atoms with Gasteiger partial charge in [0.1, 0.15) is 0 Å². The lowest BCUT2D eigenvalue weighted by molar-refractivity contribution is -0.121. The Labute approximate surface area is 113 Å². The normalized spacial score (nSPS) is 12.7. The van der Waals surface area contributed by atoms with Crippen molar-refractivity contribution in [2.45, 2.75) is 65.7 Å². The standard InChI is InChI=1S/C15H32N2O/c1-4-5-6-7-12-17-15(18)9-8-14(10-11-16)13(2)3/h13-14H,4-12,16H2,1-3H3,(H,17,18). The molecule has 1 unspecified atom stereocenters. The third-order valence-electron chi connectivity index (χ3n) is 3.57. The van der Waals surface area contributed by atoms with Gasteiger partial charge in [-0.3, -0.25) is 4.79 Å². The number of nitrogens with one attached hydrogen (secondary N) is 1. The van der Waals surface area contributed by atoms with Gasteiger partial charge in [-0.05, 0) is 37.6 Å². The van der Waals surface area contributed by atoms with Crippen LogP contribution in [0.4, 0.5) is 0 Å². The number of carbonyl (C=O) groups is 1. The lowest BCUT2D eigenvalue weighted by Crippen LogP contribution is -2.25. The predicted molar refractivity (Wildman–Crippen MR) is 78.4 cm³/mol. The molecule has 0 aliphatic rings. The number of hydrogen-bond donors (Lipinski definition) is 2. The van der Waals surface area contributed by atoms with Crippen LogP contribution in [0.25, 0.3) is 0 Å². The SMILES string of the molecule is CCCCCCNC(=O)CCC(CCN)C(C)C. The van der Waals surface area contributed by atoms with Gasteiger partial charge in [0.05, 0.1) is 0 Å². The lowest BCUT2D eigenvalue weighted by Gasteiger charge is -2.19. The quantitative estimate of drug-likeness (QED) is 0.558. The van der Waals surface area contributed by atoms with Crippen molar-refractivity contribution < 1.29 is 4.79 Å². The van der Waals surface area contributed by atoms with Crippen LogP contribution in [-0.2, 0) is 4.79 Å². The van der Waals surface area contributed by atoms with E-state index in [-0.39, 0.29) is 5.91 Å². The Kier molecular flexibility index (Phi) is 11.2. The van der Waals surface area contributed by atoms with Crippen LogP contribution in [0.3, 0.4) is 0 Å². The molecule has 0 aliphatic carbocycles. The first kappa shape index (κ1) is 17.4. The summed E-state index contributed by atoms with van der Waals surface area (Å²) < 4.78 is 0. The third kappa shape index (κ3) is 9.46. The molecule has 3 N–H and O–H groups in total. The van der Waals surface area contributed by atoms with Gasteiger partial charge in [0.2, 0.25) is 5.91 Å². The van der Waals surface area contributed by atoms with E-state index >= 15 is 0 Å². The molecule has 0 heterocycles. The molecule has 1 atom stereocenters. The molecule has 0 spiro atoms. The van der Waals surface area contributed by atoms with Crippen LogP contribution in [0.5, 0.6) is 0 Å². The molecule has 1 amide bonds. The zero-order valence-corrected chi connectivity index (χ0v) is 12.5. The lowest BCUT2D eigenvalue weighted by atomic mass is 9.88. The van der Waals surface area contributed by atoms with Gasteiger partial charge in [-0.1, -0.05) is 40.0 Å². The average Bonchev–Trinajstić information content (AvgIpc) is 2.33. The topological polar surface area (TPSA) is 55.1 Å². The Balaban J connectivity index is 3.61. The van der Waals surface area contributed by atoms with E-state index in [9.17, 15) is 4.79 Å². The fourth-order valence-electron chi connectivity index (χ4n) is 2.21. The number of nitrogens with two attached hydrogens (primary N) is 1. The molecule has 3 heteroatoms. The molecule has 0 saturated carbocycles. The molecular formula is C15H32N2O. The average molecular weight is 256 g/mol. The van der Waals surface area contributed by atoms with E-state index in [2.05, 4.69) is 26.1 Å². The van der Waals surface area contributed by atoms with E-state index < -0.39 is 0 Å². The first-order valence-electron chi connectivity index (χ1n) is 7.58. The molecule has 3 nitrogen and oxygen atoms in total. The highest BCUT2D eigenvalue weighted by atomic mass is 16.1.